The summed E-state index contributed by atoms with van der Waals surface area (Å²) in [6.07, 6.45) is -0.386. The van der Waals surface area contributed by atoms with Gasteiger partial charge in [0.2, 0.25) is 0 Å². The molecule has 8 nitrogen and oxygen atoms in total. The second-order valence-electron chi connectivity index (χ2n) is 12.1. The van der Waals surface area contributed by atoms with E-state index in [2.05, 4.69) is 45.6 Å². The van der Waals surface area contributed by atoms with Gasteiger partial charge in [0.15, 0.2) is 5.72 Å². The quantitative estimate of drug-likeness (QED) is 0.287. The molecule has 4 atom stereocenters. The molecular formula is C35H30N4O4. The molecule has 1 N–H and O–H groups in total. The number of amides is 2. The van der Waals surface area contributed by atoms with Gasteiger partial charge in [-0.2, -0.15) is 0 Å². The summed E-state index contributed by atoms with van der Waals surface area (Å²) in [7, 11) is 3.57. The van der Waals surface area contributed by atoms with Gasteiger partial charge in [-0.05, 0) is 36.8 Å². The van der Waals surface area contributed by atoms with Crippen LogP contribution in [0.3, 0.4) is 0 Å². The summed E-state index contributed by atoms with van der Waals surface area (Å²) in [5.41, 5.74) is 5.46. The van der Waals surface area contributed by atoms with Crippen molar-refractivity contribution < 1.29 is 19.1 Å². The molecule has 0 aliphatic carbocycles. The van der Waals surface area contributed by atoms with E-state index < -0.39 is 18.1 Å². The first-order valence-electron chi connectivity index (χ1n) is 14.8. The van der Waals surface area contributed by atoms with Crippen molar-refractivity contribution in [3.63, 3.8) is 0 Å². The summed E-state index contributed by atoms with van der Waals surface area (Å²) in [5, 5.41) is 7.24. The SMILES string of the molecule is CO[C@@H]1[C@@H](N(C)C(=O)c2ccccc2)C[C@H]2O[C@]1(C)n1c3ccccc3c3c4c(c5c6ccccc6n2c5c31)C(=O)NC4. The predicted molar refractivity (Wildman–Crippen MR) is 165 cm³/mol. The maximum Gasteiger partial charge on any atom is 0.253 e. The third-order valence-corrected chi connectivity index (χ3v) is 10.0. The lowest BCUT2D eigenvalue weighted by Gasteiger charge is -2.50. The average molecular weight is 571 g/mol. The topological polar surface area (TPSA) is 77.7 Å². The Balaban J connectivity index is 1.43. The van der Waals surface area contributed by atoms with Crippen molar-refractivity contribution in [1.29, 1.82) is 0 Å². The Kier molecular flexibility index (Phi) is 4.90. The third-order valence-electron chi connectivity index (χ3n) is 10.0. The fourth-order valence-electron chi connectivity index (χ4n) is 8.33. The van der Waals surface area contributed by atoms with Crippen molar-refractivity contribution in [3.8, 4) is 0 Å². The van der Waals surface area contributed by atoms with Crippen LogP contribution >= 0.6 is 0 Å². The van der Waals surface area contributed by atoms with E-state index >= 15 is 0 Å². The highest BCUT2D eigenvalue weighted by Crippen LogP contribution is 2.54. The molecule has 4 aromatic carbocycles. The van der Waals surface area contributed by atoms with Gasteiger partial charge in [0.1, 0.15) is 12.3 Å². The van der Waals surface area contributed by atoms with Crippen molar-refractivity contribution in [2.75, 3.05) is 14.2 Å². The molecule has 43 heavy (non-hydrogen) atoms. The van der Waals surface area contributed by atoms with Crippen molar-refractivity contribution in [1.82, 2.24) is 19.4 Å². The molecule has 5 heterocycles. The molecule has 0 spiro atoms. The van der Waals surface area contributed by atoms with Crippen LogP contribution in [0.2, 0.25) is 0 Å². The minimum atomic E-state index is -0.980. The van der Waals surface area contributed by atoms with Crippen LogP contribution in [-0.2, 0) is 21.7 Å². The Morgan fingerprint density at radius 1 is 0.953 bits per heavy atom. The molecule has 0 unspecified atom stereocenters. The van der Waals surface area contributed by atoms with Gasteiger partial charge in [-0.1, -0.05) is 54.6 Å². The number of benzene rings is 4. The van der Waals surface area contributed by atoms with E-state index in [1.807, 2.05) is 66.5 Å². The first kappa shape index (κ1) is 24.9. The molecule has 1 saturated heterocycles. The molecule has 9 rings (SSSR count). The van der Waals surface area contributed by atoms with Crippen molar-refractivity contribution in [3.05, 3.63) is 95.6 Å². The van der Waals surface area contributed by atoms with Crippen LogP contribution in [0.25, 0.3) is 43.6 Å². The van der Waals surface area contributed by atoms with Gasteiger partial charge in [0.05, 0.1) is 33.7 Å². The van der Waals surface area contributed by atoms with Crippen LogP contribution in [-0.4, -0.2) is 52.2 Å². The highest BCUT2D eigenvalue weighted by atomic mass is 16.6. The van der Waals surface area contributed by atoms with E-state index in [1.54, 1.807) is 7.11 Å². The van der Waals surface area contributed by atoms with Gasteiger partial charge in [-0.3, -0.25) is 9.59 Å². The second-order valence-corrected chi connectivity index (χ2v) is 12.1. The Morgan fingerprint density at radius 2 is 1.63 bits per heavy atom. The molecule has 214 valence electrons. The number of hydrogen-bond acceptors (Lipinski definition) is 4. The van der Waals surface area contributed by atoms with Crippen molar-refractivity contribution >= 4 is 55.4 Å². The van der Waals surface area contributed by atoms with E-state index in [4.69, 9.17) is 9.47 Å². The van der Waals surface area contributed by atoms with Gasteiger partial charge in [0, 0.05) is 54.2 Å². The summed E-state index contributed by atoms with van der Waals surface area (Å²) in [6, 6.07) is 25.7. The normalized spacial score (nSPS) is 24.2. The predicted octanol–water partition coefficient (Wildman–Crippen LogP) is 5.91. The van der Waals surface area contributed by atoms with Gasteiger partial charge in [0.25, 0.3) is 11.8 Å². The van der Waals surface area contributed by atoms with E-state index in [1.165, 1.54) is 0 Å². The van der Waals surface area contributed by atoms with E-state index in [0.717, 1.165) is 54.7 Å². The van der Waals surface area contributed by atoms with Crippen LogP contribution < -0.4 is 5.32 Å². The monoisotopic (exact) mass is 570 g/mol. The second kappa shape index (κ2) is 8.46. The van der Waals surface area contributed by atoms with Crippen molar-refractivity contribution in [2.45, 2.75) is 44.0 Å². The number of nitrogens with zero attached hydrogens (tertiary/aromatic N) is 3. The van der Waals surface area contributed by atoms with E-state index in [-0.39, 0.29) is 17.9 Å². The Labute approximate surface area is 247 Å². The molecule has 2 bridgehead atoms. The number of fused-ring (bicyclic) bond motifs is 13. The molecule has 3 aliphatic heterocycles. The first-order chi connectivity index (χ1) is 20.9. The highest BCUT2D eigenvalue weighted by molar-refractivity contribution is 6.31. The maximum absolute atomic E-state index is 13.9. The lowest BCUT2D eigenvalue weighted by atomic mass is 9.91. The number of methoxy groups -OCH3 is 1. The number of aromatic nitrogens is 2. The molecule has 0 saturated carbocycles. The third kappa shape index (κ3) is 2.97. The van der Waals surface area contributed by atoms with Gasteiger partial charge in [-0.15, -0.1) is 0 Å². The molecule has 1 fully saturated rings. The lowest BCUT2D eigenvalue weighted by molar-refractivity contribution is -0.264. The molecular weight excluding hydrogens is 540 g/mol. The van der Waals surface area contributed by atoms with Crippen LogP contribution in [0.5, 0.6) is 0 Å². The molecule has 6 aromatic rings. The van der Waals surface area contributed by atoms with E-state index in [0.29, 0.717) is 18.5 Å². The standard InChI is InChI=1S/C35H30N4O4/c1-35-32(42-3)25(37(2)34(41)19-11-5-4-6-12-19)17-26(43-35)38-23-15-9-7-13-20(23)28-29-22(18-36-33(29)40)27-21-14-8-10-16-24(21)39(35)31(27)30(28)38/h4-16,25-26,32H,17-18H2,1-3H3,(H,36,40)/t25-,26+,32+,35-/m0/s1. The molecule has 8 heteroatoms. The lowest BCUT2D eigenvalue weighted by Crippen LogP contribution is -2.61. The highest BCUT2D eigenvalue weighted by Gasteiger charge is 2.55. The molecule has 3 aliphatic rings. The zero-order chi connectivity index (χ0) is 29.2. The zero-order valence-electron chi connectivity index (χ0n) is 24.1. The zero-order valence-corrected chi connectivity index (χ0v) is 24.1. The number of hydrogen-bond donors (Lipinski definition) is 1. The van der Waals surface area contributed by atoms with Gasteiger partial charge in [-0.25, -0.2) is 0 Å². The van der Waals surface area contributed by atoms with Gasteiger partial charge < -0.3 is 28.8 Å². The summed E-state index contributed by atoms with van der Waals surface area (Å²) >= 11 is 0. The number of carbonyl (C=O) groups excluding carboxylic acids is 2. The number of carbonyl (C=O) groups is 2. The smallest absolute Gasteiger partial charge is 0.253 e. The number of para-hydroxylation sites is 2. The summed E-state index contributed by atoms with van der Waals surface area (Å²) in [5.74, 6) is -0.107. The first-order valence-corrected chi connectivity index (χ1v) is 14.8. The summed E-state index contributed by atoms with van der Waals surface area (Å²) in [6.45, 7) is 2.56. The molecule has 0 radical (unpaired) electrons. The van der Waals surface area contributed by atoms with Crippen LogP contribution in [0.4, 0.5) is 0 Å². The summed E-state index contributed by atoms with van der Waals surface area (Å²) < 4.78 is 18.1. The minimum absolute atomic E-state index is 0.0446. The number of likely N-dealkylation sites (N-methyl/N-ethyl adjacent to an activating group) is 1. The number of nitrogens with one attached hydrogen (secondary N) is 1. The van der Waals surface area contributed by atoms with Crippen LogP contribution in [0.15, 0.2) is 78.9 Å². The Hall–Kier alpha value is -4.66. The summed E-state index contributed by atoms with van der Waals surface area (Å²) in [4.78, 5) is 29.2. The fourth-order valence-corrected chi connectivity index (χ4v) is 8.33. The number of rotatable bonds is 3. The van der Waals surface area contributed by atoms with Crippen LogP contribution in [0.1, 0.15) is 45.9 Å². The maximum atomic E-state index is 13.9. The number of ether oxygens (including phenoxy) is 2. The molecule has 2 aromatic heterocycles. The fraction of sp³-hybridized carbons (Fsp3) is 0.257. The largest absolute Gasteiger partial charge is 0.374 e. The Bertz CT molecular complexity index is 2180. The minimum Gasteiger partial charge on any atom is -0.374 e. The van der Waals surface area contributed by atoms with Crippen molar-refractivity contribution in [2.24, 2.45) is 0 Å². The Morgan fingerprint density at radius 3 is 2.37 bits per heavy atom. The van der Waals surface area contributed by atoms with Crippen LogP contribution in [0, 0.1) is 0 Å². The van der Waals surface area contributed by atoms with Gasteiger partial charge >= 0.3 is 0 Å². The van der Waals surface area contributed by atoms with E-state index in [9.17, 15) is 9.59 Å². The average Bonchev–Trinajstić information content (AvgIpc) is 3.68. The molecule has 2 amide bonds.